The smallest absolute Gasteiger partial charge is 0.349 e. The van der Waals surface area contributed by atoms with Crippen LogP contribution in [0.5, 0.6) is 11.5 Å². The van der Waals surface area contributed by atoms with Crippen LogP contribution in [0.25, 0.3) is 10.8 Å². The van der Waals surface area contributed by atoms with E-state index in [-0.39, 0.29) is 22.6 Å². The third-order valence-corrected chi connectivity index (χ3v) is 5.65. The summed E-state index contributed by atoms with van der Waals surface area (Å²) >= 11 is 0. The van der Waals surface area contributed by atoms with Gasteiger partial charge in [0.1, 0.15) is 21.6 Å². The quantitative estimate of drug-likeness (QED) is 0.327. The van der Waals surface area contributed by atoms with Crippen LogP contribution in [0.1, 0.15) is 31.7 Å². The van der Waals surface area contributed by atoms with E-state index in [1.54, 1.807) is 30.3 Å². The van der Waals surface area contributed by atoms with Crippen LogP contribution in [0.4, 0.5) is 0 Å². The first-order valence-corrected chi connectivity index (χ1v) is 10.6. The summed E-state index contributed by atoms with van der Waals surface area (Å²) in [5.41, 5.74) is 1.20. The van der Waals surface area contributed by atoms with Gasteiger partial charge in [-0.2, -0.15) is 0 Å². The van der Waals surface area contributed by atoms with Crippen molar-refractivity contribution in [3.63, 3.8) is 0 Å². The lowest BCUT2D eigenvalue weighted by molar-refractivity contribution is -0.136. The second kappa shape index (κ2) is 8.63. The Kier molecular flexibility index (Phi) is 6.20. The third-order valence-electron chi connectivity index (χ3n) is 4.76. The number of hydrogen-bond donors (Lipinski definition) is 0. The fraction of sp³-hybridized carbons (Fsp3) is 0.227. The summed E-state index contributed by atoms with van der Waals surface area (Å²) in [5.74, 6) is 0.516. The molecule has 0 saturated heterocycles. The summed E-state index contributed by atoms with van der Waals surface area (Å²) in [6.07, 6.45) is 1.03. The predicted octanol–water partition coefficient (Wildman–Crippen LogP) is 4.24. The van der Waals surface area contributed by atoms with Gasteiger partial charge in [0.15, 0.2) is 6.61 Å². The van der Waals surface area contributed by atoms with Crippen molar-refractivity contribution < 1.29 is 27.2 Å². The lowest BCUT2D eigenvalue weighted by Crippen LogP contribution is -2.18. The van der Waals surface area contributed by atoms with Crippen molar-refractivity contribution in [3.05, 3.63) is 66.2 Å². The van der Waals surface area contributed by atoms with Crippen LogP contribution < -0.4 is 9.47 Å². The number of hydrogen-bond acceptors (Lipinski definition) is 6. The van der Waals surface area contributed by atoms with E-state index >= 15 is 0 Å². The van der Waals surface area contributed by atoms with Gasteiger partial charge in [0, 0.05) is 10.8 Å². The lowest BCUT2D eigenvalue weighted by atomic mass is 9.99. The van der Waals surface area contributed by atoms with Crippen LogP contribution in [0.15, 0.2) is 65.6 Å². The topological polar surface area (TPSA) is 92.7 Å². The third kappa shape index (κ3) is 4.93. The average molecular weight is 413 g/mol. The molecule has 0 aliphatic carbocycles. The largest absolute Gasteiger partial charge is 0.744 e. The Labute approximate surface area is 169 Å². The van der Waals surface area contributed by atoms with Gasteiger partial charge in [0.2, 0.25) is 0 Å². The molecular formula is C22H21O6S-. The molecule has 0 aromatic heterocycles. The van der Waals surface area contributed by atoms with Crippen molar-refractivity contribution >= 4 is 26.9 Å². The van der Waals surface area contributed by atoms with Crippen LogP contribution >= 0.6 is 0 Å². The van der Waals surface area contributed by atoms with E-state index < -0.39 is 16.1 Å². The molecule has 0 N–H and O–H groups in total. The summed E-state index contributed by atoms with van der Waals surface area (Å²) in [6, 6.07) is 16.3. The summed E-state index contributed by atoms with van der Waals surface area (Å²) < 4.78 is 45.1. The molecule has 29 heavy (non-hydrogen) atoms. The van der Waals surface area contributed by atoms with Gasteiger partial charge in [-0.1, -0.05) is 50.2 Å². The monoisotopic (exact) mass is 413 g/mol. The number of fused-ring (bicyclic) bond motifs is 1. The molecule has 0 spiro atoms. The van der Waals surface area contributed by atoms with Crippen LogP contribution in [-0.2, 0) is 14.9 Å². The molecule has 3 aromatic rings. The van der Waals surface area contributed by atoms with Crippen molar-refractivity contribution in [1.29, 1.82) is 0 Å². The molecule has 0 amide bonds. The summed E-state index contributed by atoms with van der Waals surface area (Å²) in [7, 11) is -4.65. The fourth-order valence-electron chi connectivity index (χ4n) is 2.97. The van der Waals surface area contributed by atoms with Crippen LogP contribution in [0, 0.1) is 0 Å². The number of rotatable bonds is 7. The van der Waals surface area contributed by atoms with E-state index in [1.165, 1.54) is 17.7 Å². The van der Waals surface area contributed by atoms with E-state index in [2.05, 4.69) is 13.8 Å². The summed E-state index contributed by atoms with van der Waals surface area (Å²) in [5, 5.41) is 0.560. The molecule has 1 atom stereocenters. The van der Waals surface area contributed by atoms with Crippen LogP contribution in [-0.4, -0.2) is 25.5 Å². The molecule has 3 aromatic carbocycles. The minimum atomic E-state index is -4.65. The predicted molar refractivity (Wildman–Crippen MR) is 108 cm³/mol. The van der Waals surface area contributed by atoms with E-state index in [9.17, 15) is 17.8 Å². The number of esters is 1. The highest BCUT2D eigenvalue weighted by molar-refractivity contribution is 7.86. The zero-order chi connectivity index (χ0) is 21.0. The molecule has 7 heteroatoms. The number of carbonyl (C=O) groups is 1. The molecule has 3 rings (SSSR count). The van der Waals surface area contributed by atoms with Crippen molar-refractivity contribution in [2.24, 2.45) is 0 Å². The molecule has 152 valence electrons. The van der Waals surface area contributed by atoms with Gasteiger partial charge in [-0.15, -0.1) is 0 Å². The maximum Gasteiger partial charge on any atom is 0.349 e. The Morgan fingerprint density at radius 2 is 1.66 bits per heavy atom. The van der Waals surface area contributed by atoms with Crippen molar-refractivity contribution in [1.82, 2.24) is 0 Å². The van der Waals surface area contributed by atoms with Crippen molar-refractivity contribution in [3.8, 4) is 11.5 Å². The zero-order valence-corrected chi connectivity index (χ0v) is 16.9. The van der Waals surface area contributed by atoms with Crippen molar-refractivity contribution in [2.75, 3.05) is 6.61 Å². The molecule has 0 fully saturated rings. The van der Waals surface area contributed by atoms with E-state index in [0.717, 1.165) is 12.5 Å². The first kappa shape index (κ1) is 20.8. The maximum atomic E-state index is 12.2. The molecular weight excluding hydrogens is 392 g/mol. The highest BCUT2D eigenvalue weighted by atomic mass is 32.2. The van der Waals surface area contributed by atoms with Crippen molar-refractivity contribution in [2.45, 2.75) is 31.1 Å². The second-order valence-electron chi connectivity index (χ2n) is 6.70. The zero-order valence-electron chi connectivity index (χ0n) is 16.1. The minimum absolute atomic E-state index is 0.161. The molecule has 0 saturated carbocycles. The SMILES string of the molecule is CCC(C)c1ccc(OCC(=O)Oc2ccc(S(=O)(=O)[O-])c3ccccc23)cc1. The lowest BCUT2D eigenvalue weighted by Gasteiger charge is -2.14. The molecule has 0 radical (unpaired) electrons. The van der Waals surface area contributed by atoms with E-state index in [0.29, 0.717) is 17.1 Å². The summed E-state index contributed by atoms with van der Waals surface area (Å²) in [4.78, 5) is 11.8. The Balaban J connectivity index is 1.72. The van der Waals surface area contributed by atoms with Gasteiger partial charge < -0.3 is 14.0 Å². The van der Waals surface area contributed by atoms with Crippen LogP contribution in [0.3, 0.4) is 0 Å². The fourth-order valence-corrected chi connectivity index (χ4v) is 3.66. The normalized spacial score (nSPS) is 12.5. The van der Waals surface area contributed by atoms with Crippen LogP contribution in [0.2, 0.25) is 0 Å². The second-order valence-corrected chi connectivity index (χ2v) is 8.05. The highest BCUT2D eigenvalue weighted by Gasteiger charge is 2.14. The Morgan fingerprint density at radius 1 is 1.00 bits per heavy atom. The molecule has 0 aliphatic heterocycles. The Morgan fingerprint density at radius 3 is 2.28 bits per heavy atom. The maximum absolute atomic E-state index is 12.2. The first-order valence-electron chi connectivity index (χ1n) is 9.20. The van der Waals surface area contributed by atoms with Gasteiger partial charge in [0.05, 0.1) is 4.90 Å². The molecule has 0 bridgehead atoms. The van der Waals surface area contributed by atoms with Gasteiger partial charge >= 0.3 is 5.97 Å². The Bertz CT molecular complexity index is 1120. The van der Waals surface area contributed by atoms with E-state index in [1.807, 2.05) is 12.1 Å². The minimum Gasteiger partial charge on any atom is -0.744 e. The number of carbonyl (C=O) groups excluding carboxylic acids is 1. The summed E-state index contributed by atoms with van der Waals surface area (Å²) in [6.45, 7) is 3.95. The molecule has 0 aliphatic rings. The first-order chi connectivity index (χ1) is 13.8. The van der Waals surface area contributed by atoms with Gasteiger partial charge in [-0.3, -0.25) is 0 Å². The van der Waals surface area contributed by atoms with E-state index in [4.69, 9.17) is 9.47 Å². The number of benzene rings is 3. The standard InChI is InChI=1S/C22H22O6S/c1-3-15(2)16-8-10-17(11-9-16)27-14-22(23)28-20-12-13-21(29(24,25)26)19-7-5-4-6-18(19)20/h4-13,15H,3,14H2,1-2H3,(H,24,25,26)/p-1. The van der Waals surface area contributed by atoms with Gasteiger partial charge in [-0.25, -0.2) is 13.2 Å². The molecule has 1 unspecified atom stereocenters. The Hall–Kier alpha value is -2.90. The molecule has 6 nitrogen and oxygen atoms in total. The molecule has 0 heterocycles. The average Bonchev–Trinajstić information content (AvgIpc) is 2.71. The number of ether oxygens (including phenoxy) is 2. The van der Waals surface area contributed by atoms with Gasteiger partial charge in [0.25, 0.3) is 0 Å². The van der Waals surface area contributed by atoms with Gasteiger partial charge in [-0.05, 0) is 42.2 Å². The highest BCUT2D eigenvalue weighted by Crippen LogP contribution is 2.31.